The van der Waals surface area contributed by atoms with Crippen LogP contribution in [0.15, 0.2) is 46.1 Å². The molecule has 35 heavy (non-hydrogen) atoms. The van der Waals surface area contributed by atoms with Gasteiger partial charge in [-0.3, -0.25) is 0 Å². The molecular formula is C23H21BrCl2FN5O3. The Morgan fingerprint density at radius 2 is 2.00 bits per heavy atom. The van der Waals surface area contributed by atoms with Crippen LogP contribution in [0.4, 0.5) is 16.2 Å². The first kappa shape index (κ1) is 25.4. The zero-order valence-corrected chi connectivity index (χ0v) is 21.7. The van der Waals surface area contributed by atoms with E-state index in [-0.39, 0.29) is 18.4 Å². The fraction of sp³-hybridized carbons (Fsp3) is 0.261. The van der Waals surface area contributed by atoms with E-state index >= 15 is 0 Å². The summed E-state index contributed by atoms with van der Waals surface area (Å²) < 4.78 is 31.6. The van der Waals surface area contributed by atoms with Crippen LogP contribution in [0.2, 0.25) is 10.0 Å². The van der Waals surface area contributed by atoms with E-state index in [1.807, 2.05) is 11.0 Å². The molecule has 12 heteroatoms. The fourth-order valence-corrected chi connectivity index (χ4v) is 4.03. The highest BCUT2D eigenvalue weighted by Crippen LogP contribution is 2.34. The number of ether oxygens (including phenoxy) is 3. The van der Waals surface area contributed by atoms with Crippen LogP contribution in [0.3, 0.4) is 0 Å². The molecule has 0 spiro atoms. The first-order chi connectivity index (χ1) is 16.9. The molecule has 0 bridgehead atoms. The number of benzene rings is 2. The quantitative estimate of drug-likeness (QED) is 0.274. The molecule has 0 unspecified atom stereocenters. The molecular weight excluding hydrogens is 564 g/mol. The number of hydrogen-bond acceptors (Lipinski definition) is 8. The summed E-state index contributed by atoms with van der Waals surface area (Å²) in [6, 6.07) is 8.86. The molecule has 3 aromatic rings. The summed E-state index contributed by atoms with van der Waals surface area (Å²) in [5, 5.41) is 5.13. The number of hydrazone groups is 1. The molecule has 2 heterocycles. The highest BCUT2D eigenvalue weighted by Gasteiger charge is 2.18. The van der Waals surface area contributed by atoms with Gasteiger partial charge in [-0.15, -0.1) is 0 Å². The number of rotatable bonds is 8. The highest BCUT2D eigenvalue weighted by molar-refractivity contribution is 9.10. The lowest BCUT2D eigenvalue weighted by Gasteiger charge is -2.27. The van der Waals surface area contributed by atoms with Crippen molar-refractivity contribution >= 4 is 57.1 Å². The highest BCUT2D eigenvalue weighted by atomic mass is 79.9. The first-order valence-corrected chi connectivity index (χ1v) is 12.1. The number of aromatic nitrogens is 2. The largest absolute Gasteiger partial charge is 0.493 e. The molecule has 0 radical (unpaired) electrons. The Morgan fingerprint density at radius 3 is 2.74 bits per heavy atom. The second kappa shape index (κ2) is 11.9. The molecule has 184 valence electrons. The predicted molar refractivity (Wildman–Crippen MR) is 138 cm³/mol. The molecule has 1 fully saturated rings. The maximum atomic E-state index is 14.2. The number of hydrogen-bond donors (Lipinski definition) is 1. The number of halogens is 4. The zero-order chi connectivity index (χ0) is 24.8. The molecule has 2 aromatic carbocycles. The van der Waals surface area contributed by atoms with Crippen molar-refractivity contribution < 1.29 is 18.6 Å². The van der Waals surface area contributed by atoms with Crippen LogP contribution >= 0.6 is 39.1 Å². The second-order valence-corrected chi connectivity index (χ2v) is 9.07. The summed E-state index contributed by atoms with van der Waals surface area (Å²) in [5.74, 6) is 0.946. The SMILES string of the molecule is COc1cc(/C=N\Nc2ncc(F)c(N3CCOCC3)n2)c(Br)cc1OCc1ccc(Cl)c(Cl)c1. The summed E-state index contributed by atoms with van der Waals surface area (Å²) in [5.41, 5.74) is 4.32. The standard InChI is InChI=1S/C23H21BrCl2FN5O3/c1-33-20-9-15(16(24)10-21(20)35-13-14-2-3-17(25)18(26)8-14)11-29-31-23-28-12-19(27)22(30-23)32-4-6-34-7-5-32/h2-3,8-12H,4-7,13H2,1H3,(H,28,30,31)/b29-11-. The molecule has 0 amide bonds. The van der Waals surface area contributed by atoms with Crippen molar-refractivity contribution in [3.05, 3.63) is 68.0 Å². The van der Waals surface area contributed by atoms with Crippen molar-refractivity contribution in [2.24, 2.45) is 5.10 Å². The van der Waals surface area contributed by atoms with Gasteiger partial charge < -0.3 is 19.1 Å². The van der Waals surface area contributed by atoms with Crippen molar-refractivity contribution in [1.29, 1.82) is 0 Å². The fourth-order valence-electron chi connectivity index (χ4n) is 3.28. The summed E-state index contributed by atoms with van der Waals surface area (Å²) in [4.78, 5) is 10.0. The number of morpholine rings is 1. The number of methoxy groups -OCH3 is 1. The van der Waals surface area contributed by atoms with Crippen molar-refractivity contribution in [2.45, 2.75) is 6.61 Å². The van der Waals surface area contributed by atoms with E-state index < -0.39 is 5.82 Å². The van der Waals surface area contributed by atoms with Gasteiger partial charge in [0.1, 0.15) is 6.61 Å². The summed E-state index contributed by atoms with van der Waals surface area (Å²) >= 11 is 15.6. The van der Waals surface area contributed by atoms with E-state index in [2.05, 4.69) is 36.4 Å². The third-order valence-electron chi connectivity index (χ3n) is 5.07. The van der Waals surface area contributed by atoms with Gasteiger partial charge in [0.25, 0.3) is 0 Å². The van der Waals surface area contributed by atoms with Gasteiger partial charge in [0, 0.05) is 23.1 Å². The van der Waals surface area contributed by atoms with Gasteiger partial charge in [0.15, 0.2) is 23.1 Å². The lowest BCUT2D eigenvalue weighted by Crippen LogP contribution is -2.37. The molecule has 1 aliphatic rings. The molecule has 1 aliphatic heterocycles. The average Bonchev–Trinajstić information content (AvgIpc) is 2.87. The summed E-state index contributed by atoms with van der Waals surface area (Å²) in [6.07, 6.45) is 2.69. The van der Waals surface area contributed by atoms with Crippen LogP contribution in [-0.4, -0.2) is 49.6 Å². The van der Waals surface area contributed by atoms with Gasteiger partial charge >= 0.3 is 0 Å². The average molecular weight is 585 g/mol. The Bertz CT molecular complexity index is 1230. The van der Waals surface area contributed by atoms with Gasteiger partial charge in [0.2, 0.25) is 5.95 Å². The second-order valence-electron chi connectivity index (χ2n) is 7.40. The Hall–Kier alpha value is -2.66. The molecule has 0 atom stereocenters. The molecule has 1 aromatic heterocycles. The molecule has 1 N–H and O–H groups in total. The molecule has 0 saturated carbocycles. The molecule has 0 aliphatic carbocycles. The van der Waals surface area contributed by atoms with Crippen molar-refractivity contribution in [1.82, 2.24) is 9.97 Å². The number of nitrogens with one attached hydrogen (secondary N) is 1. The van der Waals surface area contributed by atoms with Crippen molar-refractivity contribution in [3.63, 3.8) is 0 Å². The normalized spacial score (nSPS) is 13.8. The smallest absolute Gasteiger partial charge is 0.245 e. The minimum atomic E-state index is -0.495. The van der Waals surface area contributed by atoms with Gasteiger partial charge in [-0.05, 0) is 45.8 Å². The third kappa shape index (κ3) is 6.52. The van der Waals surface area contributed by atoms with E-state index in [1.54, 1.807) is 37.6 Å². The zero-order valence-electron chi connectivity index (χ0n) is 18.6. The third-order valence-corrected chi connectivity index (χ3v) is 6.49. The molecule has 4 rings (SSSR count). The van der Waals surface area contributed by atoms with E-state index in [4.69, 9.17) is 37.4 Å². The Kier molecular flexibility index (Phi) is 8.61. The maximum absolute atomic E-state index is 14.2. The first-order valence-electron chi connectivity index (χ1n) is 10.5. The van der Waals surface area contributed by atoms with Crippen LogP contribution < -0.4 is 19.8 Å². The monoisotopic (exact) mass is 583 g/mol. The Labute approximate surface area is 220 Å². The topological polar surface area (TPSA) is 81.1 Å². The van der Waals surface area contributed by atoms with E-state index in [1.165, 1.54) is 0 Å². The maximum Gasteiger partial charge on any atom is 0.245 e. The van der Waals surface area contributed by atoms with Gasteiger partial charge in [-0.1, -0.05) is 29.3 Å². The van der Waals surface area contributed by atoms with Crippen LogP contribution in [0.25, 0.3) is 0 Å². The van der Waals surface area contributed by atoms with Gasteiger partial charge in [-0.25, -0.2) is 14.8 Å². The lowest BCUT2D eigenvalue weighted by molar-refractivity contribution is 0.122. The summed E-state index contributed by atoms with van der Waals surface area (Å²) in [6.45, 7) is 2.44. The Balaban J connectivity index is 1.44. The minimum absolute atomic E-state index is 0.175. The molecule has 8 nitrogen and oxygen atoms in total. The van der Waals surface area contributed by atoms with Crippen LogP contribution in [0.1, 0.15) is 11.1 Å². The van der Waals surface area contributed by atoms with Crippen LogP contribution in [0.5, 0.6) is 11.5 Å². The van der Waals surface area contributed by atoms with Crippen molar-refractivity contribution in [2.75, 3.05) is 43.7 Å². The van der Waals surface area contributed by atoms with Gasteiger partial charge in [0.05, 0.1) is 42.8 Å². The predicted octanol–water partition coefficient (Wildman–Crippen LogP) is 5.56. The van der Waals surface area contributed by atoms with Crippen LogP contribution in [-0.2, 0) is 11.3 Å². The van der Waals surface area contributed by atoms with Crippen molar-refractivity contribution in [3.8, 4) is 11.5 Å². The minimum Gasteiger partial charge on any atom is -0.493 e. The van der Waals surface area contributed by atoms with E-state index in [0.29, 0.717) is 53.4 Å². The van der Waals surface area contributed by atoms with E-state index in [0.717, 1.165) is 16.2 Å². The van der Waals surface area contributed by atoms with Crippen LogP contribution in [0, 0.1) is 5.82 Å². The Morgan fingerprint density at radius 1 is 1.20 bits per heavy atom. The number of nitrogens with zero attached hydrogens (tertiary/aromatic N) is 4. The summed E-state index contributed by atoms with van der Waals surface area (Å²) in [7, 11) is 1.55. The number of anilines is 2. The van der Waals surface area contributed by atoms with E-state index in [9.17, 15) is 4.39 Å². The lowest BCUT2D eigenvalue weighted by atomic mass is 10.2. The molecule has 1 saturated heterocycles. The van der Waals surface area contributed by atoms with Gasteiger partial charge in [-0.2, -0.15) is 10.1 Å².